The number of rotatable bonds is 3. The van der Waals surface area contributed by atoms with Crippen LogP contribution in [0.5, 0.6) is 0 Å². The smallest absolute Gasteiger partial charge is 0.318 e. The fourth-order valence-electron chi connectivity index (χ4n) is 2.19. The zero-order valence-electron chi connectivity index (χ0n) is 12.2. The minimum atomic E-state index is -0.214. The number of urea groups is 1. The van der Waals surface area contributed by atoms with Crippen molar-refractivity contribution in [2.75, 3.05) is 24.5 Å². The van der Waals surface area contributed by atoms with Crippen LogP contribution in [0.15, 0.2) is 24.3 Å². The van der Waals surface area contributed by atoms with E-state index in [2.05, 4.69) is 5.32 Å². The molecule has 1 aromatic carbocycles. The summed E-state index contributed by atoms with van der Waals surface area (Å²) in [5.41, 5.74) is 1.32. The van der Waals surface area contributed by atoms with Gasteiger partial charge in [-0.15, -0.1) is 0 Å². The summed E-state index contributed by atoms with van der Waals surface area (Å²) in [5.74, 6) is -0.126. The molecule has 21 heavy (non-hydrogen) atoms. The van der Waals surface area contributed by atoms with Crippen LogP contribution in [0.2, 0.25) is 0 Å². The van der Waals surface area contributed by atoms with Crippen molar-refractivity contribution in [1.82, 2.24) is 10.2 Å². The average molecular weight is 289 g/mol. The fraction of sp³-hybridized carbons (Fsp3) is 0.400. The quantitative estimate of drug-likeness (QED) is 0.852. The van der Waals surface area contributed by atoms with Crippen LogP contribution < -0.4 is 10.2 Å². The molecule has 1 saturated heterocycles. The van der Waals surface area contributed by atoms with Crippen molar-refractivity contribution in [3.63, 3.8) is 0 Å². The highest BCUT2D eigenvalue weighted by Crippen LogP contribution is 2.17. The molecule has 0 spiro atoms. The molecule has 1 aliphatic rings. The van der Waals surface area contributed by atoms with Crippen LogP contribution in [0.4, 0.5) is 10.5 Å². The van der Waals surface area contributed by atoms with Gasteiger partial charge >= 0.3 is 6.03 Å². The average Bonchev–Trinajstić information content (AvgIpc) is 2.46. The number of amides is 3. The molecular weight excluding hydrogens is 270 g/mol. The Morgan fingerprint density at radius 2 is 1.90 bits per heavy atom. The van der Waals surface area contributed by atoms with Crippen LogP contribution in [0.25, 0.3) is 0 Å². The SMILES string of the molecule is CC(C)NC(=O)N1CCN(c2ccc(C=O)cc2)C(=O)C1. The number of piperazine rings is 1. The third-order valence-electron chi connectivity index (χ3n) is 3.26. The minimum Gasteiger partial charge on any atom is -0.336 e. The summed E-state index contributed by atoms with van der Waals surface area (Å²) in [5, 5.41) is 2.78. The lowest BCUT2D eigenvalue weighted by molar-refractivity contribution is -0.120. The molecule has 1 N–H and O–H groups in total. The number of nitrogens with one attached hydrogen (secondary N) is 1. The lowest BCUT2D eigenvalue weighted by Crippen LogP contribution is -2.55. The lowest BCUT2D eigenvalue weighted by atomic mass is 10.2. The summed E-state index contributed by atoms with van der Waals surface area (Å²) in [7, 11) is 0. The Hall–Kier alpha value is -2.37. The second-order valence-electron chi connectivity index (χ2n) is 5.28. The number of hydrogen-bond donors (Lipinski definition) is 1. The molecule has 0 aliphatic carbocycles. The van der Waals surface area contributed by atoms with Crippen molar-refractivity contribution in [3.8, 4) is 0 Å². The minimum absolute atomic E-state index is 0.0431. The molecule has 112 valence electrons. The monoisotopic (exact) mass is 289 g/mol. The van der Waals surface area contributed by atoms with E-state index in [4.69, 9.17) is 0 Å². The third-order valence-corrected chi connectivity index (χ3v) is 3.26. The Kier molecular flexibility index (Phi) is 4.57. The van der Waals surface area contributed by atoms with Gasteiger partial charge in [0.1, 0.15) is 12.8 Å². The molecule has 0 atom stereocenters. The van der Waals surface area contributed by atoms with Crippen molar-refractivity contribution >= 4 is 23.9 Å². The van der Waals surface area contributed by atoms with Gasteiger partial charge in [-0.2, -0.15) is 0 Å². The standard InChI is InChI=1S/C15H19N3O3/c1-11(2)16-15(21)17-7-8-18(14(20)9-17)13-5-3-12(10-19)4-6-13/h3-6,10-11H,7-9H2,1-2H3,(H,16,21). The van der Waals surface area contributed by atoms with Crippen LogP contribution in [-0.2, 0) is 4.79 Å². The first kappa shape index (κ1) is 15.0. The van der Waals surface area contributed by atoms with E-state index >= 15 is 0 Å². The van der Waals surface area contributed by atoms with Gasteiger partial charge in [0.25, 0.3) is 0 Å². The highest BCUT2D eigenvalue weighted by atomic mass is 16.2. The topological polar surface area (TPSA) is 69.7 Å². The predicted molar refractivity (Wildman–Crippen MR) is 79.4 cm³/mol. The Balaban J connectivity index is 2.02. The van der Waals surface area contributed by atoms with Crippen molar-refractivity contribution in [2.24, 2.45) is 0 Å². The Bertz CT molecular complexity index is 540. The second kappa shape index (κ2) is 6.39. The van der Waals surface area contributed by atoms with Crippen molar-refractivity contribution in [3.05, 3.63) is 29.8 Å². The van der Waals surface area contributed by atoms with E-state index in [-0.39, 0.29) is 24.5 Å². The largest absolute Gasteiger partial charge is 0.336 e. The zero-order valence-corrected chi connectivity index (χ0v) is 12.2. The van der Waals surface area contributed by atoms with E-state index in [0.717, 1.165) is 12.0 Å². The molecule has 6 heteroatoms. The number of carbonyl (C=O) groups is 3. The van der Waals surface area contributed by atoms with Gasteiger partial charge in [-0.05, 0) is 38.1 Å². The molecule has 0 saturated carbocycles. The molecule has 1 aliphatic heterocycles. The van der Waals surface area contributed by atoms with Crippen LogP contribution in [-0.4, -0.2) is 48.8 Å². The lowest BCUT2D eigenvalue weighted by Gasteiger charge is -2.34. The van der Waals surface area contributed by atoms with Gasteiger partial charge in [-0.3, -0.25) is 9.59 Å². The van der Waals surface area contributed by atoms with Gasteiger partial charge in [0, 0.05) is 30.4 Å². The molecule has 1 fully saturated rings. The van der Waals surface area contributed by atoms with Gasteiger partial charge in [0.05, 0.1) is 0 Å². The highest BCUT2D eigenvalue weighted by molar-refractivity contribution is 5.98. The van der Waals surface area contributed by atoms with E-state index in [1.807, 2.05) is 13.8 Å². The van der Waals surface area contributed by atoms with Gasteiger partial charge in [-0.25, -0.2) is 4.79 Å². The summed E-state index contributed by atoms with van der Waals surface area (Å²) in [6.45, 7) is 4.76. The normalized spacial score (nSPS) is 15.3. The molecule has 6 nitrogen and oxygen atoms in total. The number of anilines is 1. The van der Waals surface area contributed by atoms with Crippen LogP contribution >= 0.6 is 0 Å². The summed E-state index contributed by atoms with van der Waals surface area (Å²) >= 11 is 0. The maximum atomic E-state index is 12.2. The summed E-state index contributed by atoms with van der Waals surface area (Å²) in [6.07, 6.45) is 0.764. The molecule has 1 heterocycles. The van der Waals surface area contributed by atoms with E-state index in [1.165, 1.54) is 4.90 Å². The van der Waals surface area contributed by atoms with E-state index < -0.39 is 0 Å². The van der Waals surface area contributed by atoms with Crippen LogP contribution in [0, 0.1) is 0 Å². The number of benzene rings is 1. The van der Waals surface area contributed by atoms with E-state index in [1.54, 1.807) is 29.2 Å². The summed E-state index contributed by atoms with van der Waals surface area (Å²) in [4.78, 5) is 37.8. The number of hydrogen-bond acceptors (Lipinski definition) is 3. The van der Waals surface area contributed by atoms with Crippen LogP contribution in [0.1, 0.15) is 24.2 Å². The zero-order chi connectivity index (χ0) is 15.4. The van der Waals surface area contributed by atoms with Crippen LogP contribution in [0.3, 0.4) is 0 Å². The molecule has 2 rings (SSSR count). The third kappa shape index (κ3) is 3.59. The summed E-state index contributed by atoms with van der Waals surface area (Å²) < 4.78 is 0. The summed E-state index contributed by atoms with van der Waals surface area (Å²) in [6, 6.07) is 6.66. The number of carbonyl (C=O) groups excluding carboxylic acids is 3. The first-order valence-corrected chi connectivity index (χ1v) is 6.92. The van der Waals surface area contributed by atoms with E-state index in [0.29, 0.717) is 18.7 Å². The maximum Gasteiger partial charge on any atom is 0.318 e. The molecule has 0 bridgehead atoms. The highest BCUT2D eigenvalue weighted by Gasteiger charge is 2.28. The molecule has 1 aromatic rings. The molecule has 0 unspecified atom stereocenters. The molecule has 3 amide bonds. The molecule has 0 radical (unpaired) electrons. The number of aldehydes is 1. The first-order valence-electron chi connectivity index (χ1n) is 6.92. The van der Waals surface area contributed by atoms with Crippen molar-refractivity contribution < 1.29 is 14.4 Å². The predicted octanol–water partition coefficient (Wildman–Crippen LogP) is 1.27. The second-order valence-corrected chi connectivity index (χ2v) is 5.28. The Morgan fingerprint density at radius 3 is 2.43 bits per heavy atom. The van der Waals surface area contributed by atoms with E-state index in [9.17, 15) is 14.4 Å². The fourth-order valence-corrected chi connectivity index (χ4v) is 2.19. The van der Waals surface area contributed by atoms with Crippen molar-refractivity contribution in [2.45, 2.75) is 19.9 Å². The maximum absolute atomic E-state index is 12.2. The Labute approximate surface area is 123 Å². The first-order chi connectivity index (χ1) is 10.0. The van der Waals surface area contributed by atoms with Gasteiger partial charge < -0.3 is 15.1 Å². The van der Waals surface area contributed by atoms with Gasteiger partial charge in [0.15, 0.2) is 0 Å². The van der Waals surface area contributed by atoms with Gasteiger partial charge in [-0.1, -0.05) is 0 Å². The molecule has 0 aromatic heterocycles. The van der Waals surface area contributed by atoms with Crippen molar-refractivity contribution in [1.29, 1.82) is 0 Å². The Morgan fingerprint density at radius 1 is 1.24 bits per heavy atom. The number of nitrogens with zero attached hydrogens (tertiary/aromatic N) is 2. The van der Waals surface area contributed by atoms with Gasteiger partial charge in [0.2, 0.25) is 5.91 Å². The molecular formula is C15H19N3O3.